The molecule has 1 N–H and O–H groups in total. The summed E-state index contributed by atoms with van der Waals surface area (Å²) in [5.41, 5.74) is 2.31. The normalized spacial score (nSPS) is 10.5. The molecule has 19 heavy (non-hydrogen) atoms. The minimum absolute atomic E-state index is 0.489. The monoisotopic (exact) mass is 295 g/mol. The summed E-state index contributed by atoms with van der Waals surface area (Å²) in [6.45, 7) is 2.86. The van der Waals surface area contributed by atoms with Crippen LogP contribution in [-0.2, 0) is 6.54 Å². The second kappa shape index (κ2) is 6.29. The molecule has 0 saturated carbocycles. The summed E-state index contributed by atoms with van der Waals surface area (Å²) in [6.07, 6.45) is 0. The Balaban J connectivity index is 2.20. The molecule has 0 unspecified atom stereocenters. The van der Waals surface area contributed by atoms with Crippen molar-refractivity contribution >= 4 is 23.2 Å². The van der Waals surface area contributed by atoms with E-state index in [0.717, 1.165) is 17.9 Å². The van der Waals surface area contributed by atoms with Crippen molar-refractivity contribution in [2.45, 2.75) is 13.5 Å². The SMILES string of the molecule is CNCc1ccc(Oc2ccc(Cl)c(Cl)c2)c(C)c1. The average molecular weight is 296 g/mol. The van der Waals surface area contributed by atoms with Gasteiger partial charge in [-0.05, 0) is 43.3 Å². The molecule has 0 fully saturated rings. The van der Waals surface area contributed by atoms with E-state index >= 15 is 0 Å². The van der Waals surface area contributed by atoms with Crippen LogP contribution in [0, 0.1) is 6.92 Å². The first-order valence-electron chi connectivity index (χ1n) is 5.97. The zero-order valence-corrected chi connectivity index (χ0v) is 12.3. The number of hydrogen-bond acceptors (Lipinski definition) is 2. The zero-order valence-electron chi connectivity index (χ0n) is 10.8. The summed E-state index contributed by atoms with van der Waals surface area (Å²) in [6, 6.07) is 11.3. The highest BCUT2D eigenvalue weighted by Gasteiger charge is 2.05. The molecule has 0 aliphatic carbocycles. The standard InChI is InChI=1S/C15H15Cl2NO/c1-10-7-11(9-18-2)3-6-15(10)19-12-4-5-13(16)14(17)8-12/h3-8,18H,9H2,1-2H3. The molecule has 2 aromatic carbocycles. The van der Waals surface area contributed by atoms with Crippen molar-refractivity contribution in [1.29, 1.82) is 0 Å². The van der Waals surface area contributed by atoms with Crippen LogP contribution in [0.25, 0.3) is 0 Å². The number of halogens is 2. The topological polar surface area (TPSA) is 21.3 Å². The van der Waals surface area contributed by atoms with Gasteiger partial charge in [0.25, 0.3) is 0 Å². The van der Waals surface area contributed by atoms with Gasteiger partial charge in [0.15, 0.2) is 0 Å². The van der Waals surface area contributed by atoms with Crippen LogP contribution in [0.1, 0.15) is 11.1 Å². The maximum Gasteiger partial charge on any atom is 0.130 e. The van der Waals surface area contributed by atoms with Crippen molar-refractivity contribution in [2.75, 3.05) is 7.05 Å². The van der Waals surface area contributed by atoms with Gasteiger partial charge in [0.05, 0.1) is 10.0 Å². The smallest absolute Gasteiger partial charge is 0.130 e. The van der Waals surface area contributed by atoms with E-state index in [9.17, 15) is 0 Å². The van der Waals surface area contributed by atoms with E-state index in [1.54, 1.807) is 18.2 Å². The van der Waals surface area contributed by atoms with Gasteiger partial charge >= 0.3 is 0 Å². The lowest BCUT2D eigenvalue weighted by atomic mass is 10.1. The predicted octanol–water partition coefficient (Wildman–Crippen LogP) is 4.81. The van der Waals surface area contributed by atoms with Crippen LogP contribution in [0.2, 0.25) is 10.0 Å². The van der Waals surface area contributed by atoms with Crippen molar-refractivity contribution in [2.24, 2.45) is 0 Å². The molecule has 100 valence electrons. The fourth-order valence-electron chi connectivity index (χ4n) is 1.81. The first-order chi connectivity index (χ1) is 9.10. The number of hydrogen-bond donors (Lipinski definition) is 1. The molecule has 0 bridgehead atoms. The maximum atomic E-state index is 5.97. The highest BCUT2D eigenvalue weighted by molar-refractivity contribution is 6.42. The van der Waals surface area contributed by atoms with Gasteiger partial charge in [-0.25, -0.2) is 0 Å². The van der Waals surface area contributed by atoms with Gasteiger partial charge in [-0.15, -0.1) is 0 Å². The molecule has 2 aromatic rings. The third-order valence-corrected chi connectivity index (χ3v) is 3.48. The Morgan fingerprint density at radius 3 is 2.47 bits per heavy atom. The van der Waals surface area contributed by atoms with Crippen molar-refractivity contribution in [3.63, 3.8) is 0 Å². The summed E-state index contributed by atoms with van der Waals surface area (Å²) in [4.78, 5) is 0. The van der Waals surface area contributed by atoms with E-state index < -0.39 is 0 Å². The molecular formula is C15H15Cl2NO. The number of nitrogens with one attached hydrogen (secondary N) is 1. The van der Waals surface area contributed by atoms with E-state index in [-0.39, 0.29) is 0 Å². The first kappa shape index (κ1) is 14.2. The minimum Gasteiger partial charge on any atom is -0.457 e. The lowest BCUT2D eigenvalue weighted by Crippen LogP contribution is -2.05. The van der Waals surface area contributed by atoms with Crippen LogP contribution in [0.3, 0.4) is 0 Å². The molecule has 0 radical (unpaired) electrons. The van der Waals surface area contributed by atoms with Gasteiger partial charge < -0.3 is 10.1 Å². The molecule has 0 aromatic heterocycles. The fraction of sp³-hybridized carbons (Fsp3) is 0.200. The number of rotatable bonds is 4. The third kappa shape index (κ3) is 3.63. The van der Waals surface area contributed by atoms with Gasteiger partial charge in [-0.1, -0.05) is 35.3 Å². The molecule has 0 aliphatic rings. The van der Waals surface area contributed by atoms with Crippen LogP contribution < -0.4 is 10.1 Å². The summed E-state index contributed by atoms with van der Waals surface area (Å²) in [5, 5.41) is 4.13. The second-order valence-corrected chi connectivity index (χ2v) is 5.12. The van der Waals surface area contributed by atoms with Crippen LogP contribution in [0.4, 0.5) is 0 Å². The van der Waals surface area contributed by atoms with E-state index in [1.807, 2.05) is 26.1 Å². The van der Waals surface area contributed by atoms with E-state index in [1.165, 1.54) is 5.56 Å². The molecule has 0 heterocycles. The van der Waals surface area contributed by atoms with E-state index in [0.29, 0.717) is 15.8 Å². The van der Waals surface area contributed by atoms with E-state index in [2.05, 4.69) is 11.4 Å². The van der Waals surface area contributed by atoms with Crippen LogP contribution in [0.5, 0.6) is 11.5 Å². The first-order valence-corrected chi connectivity index (χ1v) is 6.73. The summed E-state index contributed by atoms with van der Waals surface area (Å²) in [7, 11) is 1.93. The van der Waals surface area contributed by atoms with Crippen molar-refractivity contribution < 1.29 is 4.74 Å². The Kier molecular flexibility index (Phi) is 4.70. The van der Waals surface area contributed by atoms with Gasteiger partial charge in [-0.2, -0.15) is 0 Å². The Bertz CT molecular complexity index is 584. The number of aryl methyl sites for hydroxylation is 1. The molecule has 0 atom stereocenters. The second-order valence-electron chi connectivity index (χ2n) is 4.31. The van der Waals surface area contributed by atoms with Crippen molar-refractivity contribution in [3.05, 3.63) is 57.6 Å². The van der Waals surface area contributed by atoms with Gasteiger partial charge in [0, 0.05) is 12.6 Å². The van der Waals surface area contributed by atoms with E-state index in [4.69, 9.17) is 27.9 Å². The predicted molar refractivity (Wildman–Crippen MR) is 80.5 cm³/mol. The Labute approximate surface area is 123 Å². The Morgan fingerprint density at radius 1 is 1.05 bits per heavy atom. The quantitative estimate of drug-likeness (QED) is 0.874. The highest BCUT2D eigenvalue weighted by atomic mass is 35.5. The largest absolute Gasteiger partial charge is 0.457 e. The third-order valence-electron chi connectivity index (χ3n) is 2.74. The van der Waals surface area contributed by atoms with Crippen LogP contribution in [-0.4, -0.2) is 7.05 Å². The number of ether oxygens (including phenoxy) is 1. The molecule has 2 rings (SSSR count). The molecular weight excluding hydrogens is 281 g/mol. The lowest BCUT2D eigenvalue weighted by molar-refractivity contribution is 0.478. The summed E-state index contributed by atoms with van der Waals surface area (Å²) in [5.74, 6) is 1.50. The average Bonchev–Trinajstić information content (AvgIpc) is 2.37. The van der Waals surface area contributed by atoms with Crippen LogP contribution >= 0.6 is 23.2 Å². The van der Waals surface area contributed by atoms with Crippen molar-refractivity contribution in [1.82, 2.24) is 5.32 Å². The Morgan fingerprint density at radius 2 is 1.84 bits per heavy atom. The number of benzene rings is 2. The molecule has 0 saturated heterocycles. The summed E-state index contributed by atoms with van der Waals surface area (Å²) >= 11 is 11.8. The molecule has 0 amide bonds. The molecule has 2 nitrogen and oxygen atoms in total. The van der Waals surface area contributed by atoms with Crippen molar-refractivity contribution in [3.8, 4) is 11.5 Å². The molecule has 4 heteroatoms. The van der Waals surface area contributed by atoms with Gasteiger partial charge in [0.1, 0.15) is 11.5 Å². The molecule has 0 spiro atoms. The fourth-order valence-corrected chi connectivity index (χ4v) is 2.10. The Hall–Kier alpha value is -1.22. The van der Waals surface area contributed by atoms with Gasteiger partial charge in [0.2, 0.25) is 0 Å². The maximum absolute atomic E-state index is 5.97. The minimum atomic E-state index is 0.489. The lowest BCUT2D eigenvalue weighted by Gasteiger charge is -2.11. The highest BCUT2D eigenvalue weighted by Crippen LogP contribution is 2.31. The zero-order chi connectivity index (χ0) is 13.8. The van der Waals surface area contributed by atoms with Gasteiger partial charge in [-0.3, -0.25) is 0 Å². The molecule has 0 aliphatic heterocycles. The summed E-state index contributed by atoms with van der Waals surface area (Å²) < 4.78 is 5.81. The van der Waals surface area contributed by atoms with Crippen LogP contribution in [0.15, 0.2) is 36.4 Å².